The van der Waals surface area contributed by atoms with Crippen molar-refractivity contribution in [3.8, 4) is 0 Å². The van der Waals surface area contributed by atoms with Crippen molar-refractivity contribution in [1.82, 2.24) is 5.32 Å². The lowest BCUT2D eigenvalue weighted by Gasteiger charge is -2.10. The summed E-state index contributed by atoms with van der Waals surface area (Å²) in [6.45, 7) is 2.39. The van der Waals surface area contributed by atoms with E-state index in [2.05, 4.69) is 12.2 Å². The minimum Gasteiger partial charge on any atom is -0.395 e. The van der Waals surface area contributed by atoms with E-state index in [0.717, 1.165) is 12.8 Å². The molecule has 0 saturated carbocycles. The van der Waals surface area contributed by atoms with Crippen molar-refractivity contribution in [2.24, 2.45) is 0 Å². The van der Waals surface area contributed by atoms with Crippen LogP contribution in [-0.4, -0.2) is 35.4 Å². The molecule has 1 amide bonds. The van der Waals surface area contributed by atoms with Gasteiger partial charge in [-0.05, 0) is 6.42 Å². The van der Waals surface area contributed by atoms with Gasteiger partial charge in [0.05, 0.1) is 6.61 Å². The quantitative estimate of drug-likeness (QED) is 0.324. The first-order valence-corrected chi connectivity index (χ1v) is 10.3. The molecule has 0 aromatic carbocycles. The standard InChI is InChI=1S/C20H41NO3/c1-2-3-4-5-6-7-8-9-10-11-12-13-14-15-16-19(23)20(24)21-17-18-22/h19,22-23H,2-18H2,1H3,(H,21,24). The molecule has 0 aromatic heterocycles. The summed E-state index contributed by atoms with van der Waals surface area (Å²) < 4.78 is 0. The lowest BCUT2D eigenvalue weighted by atomic mass is 10.0. The van der Waals surface area contributed by atoms with Gasteiger partial charge >= 0.3 is 0 Å². The number of carbonyl (C=O) groups is 1. The van der Waals surface area contributed by atoms with E-state index in [1.54, 1.807) is 0 Å². The average Bonchev–Trinajstić information content (AvgIpc) is 2.59. The topological polar surface area (TPSA) is 69.6 Å². The Morgan fingerprint density at radius 1 is 0.792 bits per heavy atom. The average molecular weight is 344 g/mol. The molecule has 0 saturated heterocycles. The van der Waals surface area contributed by atoms with Crippen molar-refractivity contribution in [1.29, 1.82) is 0 Å². The Balaban J connectivity index is 3.18. The predicted octanol–water partition coefficient (Wildman–Crippen LogP) is 4.33. The molecule has 0 fully saturated rings. The molecule has 0 bridgehead atoms. The first-order valence-electron chi connectivity index (χ1n) is 10.3. The number of carbonyl (C=O) groups excluding carboxylic acids is 1. The van der Waals surface area contributed by atoms with Gasteiger partial charge in [-0.15, -0.1) is 0 Å². The molecule has 0 aromatic rings. The van der Waals surface area contributed by atoms with Gasteiger partial charge in [-0.25, -0.2) is 0 Å². The van der Waals surface area contributed by atoms with Gasteiger partial charge in [0.15, 0.2) is 0 Å². The summed E-state index contributed by atoms with van der Waals surface area (Å²) in [6.07, 6.45) is 17.8. The molecule has 1 unspecified atom stereocenters. The number of aliphatic hydroxyl groups is 2. The normalized spacial score (nSPS) is 12.3. The maximum Gasteiger partial charge on any atom is 0.248 e. The highest BCUT2D eigenvalue weighted by molar-refractivity contribution is 5.80. The van der Waals surface area contributed by atoms with Gasteiger partial charge in [-0.2, -0.15) is 0 Å². The largest absolute Gasteiger partial charge is 0.395 e. The number of nitrogens with one attached hydrogen (secondary N) is 1. The van der Waals surface area contributed by atoms with Crippen LogP contribution in [0.1, 0.15) is 103 Å². The lowest BCUT2D eigenvalue weighted by molar-refractivity contribution is -0.129. The molecule has 0 aliphatic heterocycles. The fourth-order valence-electron chi connectivity index (χ4n) is 2.96. The second kappa shape index (κ2) is 18.7. The Labute approximate surface area is 149 Å². The number of aliphatic hydroxyl groups excluding tert-OH is 2. The van der Waals surface area contributed by atoms with Crippen LogP contribution in [0.15, 0.2) is 0 Å². The van der Waals surface area contributed by atoms with Crippen molar-refractivity contribution in [2.75, 3.05) is 13.2 Å². The summed E-state index contributed by atoms with van der Waals surface area (Å²) in [5.74, 6) is -0.362. The summed E-state index contributed by atoms with van der Waals surface area (Å²) in [5.41, 5.74) is 0. The summed E-state index contributed by atoms with van der Waals surface area (Å²) in [7, 11) is 0. The maximum absolute atomic E-state index is 11.4. The van der Waals surface area contributed by atoms with E-state index < -0.39 is 6.10 Å². The maximum atomic E-state index is 11.4. The third kappa shape index (κ3) is 16.3. The van der Waals surface area contributed by atoms with Crippen LogP contribution in [0.3, 0.4) is 0 Å². The van der Waals surface area contributed by atoms with Crippen LogP contribution in [0.4, 0.5) is 0 Å². The molecular formula is C20H41NO3. The first kappa shape index (κ1) is 23.4. The summed E-state index contributed by atoms with van der Waals surface area (Å²) in [4.78, 5) is 11.4. The van der Waals surface area contributed by atoms with E-state index >= 15 is 0 Å². The van der Waals surface area contributed by atoms with E-state index in [4.69, 9.17) is 5.11 Å². The third-order valence-corrected chi connectivity index (χ3v) is 4.54. The Bertz CT molecular complexity index is 272. The van der Waals surface area contributed by atoms with E-state index in [1.165, 1.54) is 77.0 Å². The molecule has 0 aliphatic rings. The Morgan fingerprint density at radius 2 is 1.21 bits per heavy atom. The van der Waals surface area contributed by atoms with Crippen LogP contribution in [-0.2, 0) is 4.79 Å². The van der Waals surface area contributed by atoms with Crippen LogP contribution >= 0.6 is 0 Å². The highest BCUT2D eigenvalue weighted by Crippen LogP contribution is 2.13. The van der Waals surface area contributed by atoms with E-state index in [1.807, 2.05) is 0 Å². The second-order valence-electron chi connectivity index (χ2n) is 6.92. The molecule has 4 nitrogen and oxygen atoms in total. The van der Waals surface area contributed by atoms with E-state index in [0.29, 0.717) is 6.42 Å². The highest BCUT2D eigenvalue weighted by atomic mass is 16.3. The number of unbranched alkanes of at least 4 members (excludes halogenated alkanes) is 13. The zero-order valence-corrected chi connectivity index (χ0v) is 15.9. The molecule has 24 heavy (non-hydrogen) atoms. The van der Waals surface area contributed by atoms with Gasteiger partial charge in [0.2, 0.25) is 5.91 Å². The van der Waals surface area contributed by atoms with Crippen LogP contribution < -0.4 is 5.32 Å². The SMILES string of the molecule is CCCCCCCCCCCCCCCCC(O)C(=O)NCCO. The minimum atomic E-state index is -0.922. The summed E-state index contributed by atoms with van der Waals surface area (Å²) in [6, 6.07) is 0. The van der Waals surface area contributed by atoms with Gasteiger partial charge in [-0.3, -0.25) is 4.79 Å². The zero-order chi connectivity index (χ0) is 17.9. The van der Waals surface area contributed by atoms with Crippen molar-refractivity contribution in [3.05, 3.63) is 0 Å². The second-order valence-corrected chi connectivity index (χ2v) is 6.92. The number of hydrogen-bond donors (Lipinski definition) is 3. The molecule has 0 aliphatic carbocycles. The molecule has 0 spiro atoms. The minimum absolute atomic E-state index is 0.0860. The predicted molar refractivity (Wildman–Crippen MR) is 101 cm³/mol. The van der Waals surface area contributed by atoms with E-state index in [9.17, 15) is 9.90 Å². The van der Waals surface area contributed by atoms with Crippen LogP contribution in [0, 0.1) is 0 Å². The van der Waals surface area contributed by atoms with Crippen LogP contribution in [0.5, 0.6) is 0 Å². The van der Waals surface area contributed by atoms with Crippen molar-refractivity contribution < 1.29 is 15.0 Å². The number of hydrogen-bond acceptors (Lipinski definition) is 3. The molecule has 1 atom stereocenters. The van der Waals surface area contributed by atoms with Gasteiger partial charge in [0.25, 0.3) is 0 Å². The molecular weight excluding hydrogens is 302 g/mol. The van der Waals surface area contributed by atoms with Gasteiger partial charge < -0.3 is 15.5 Å². The van der Waals surface area contributed by atoms with E-state index in [-0.39, 0.29) is 19.1 Å². The van der Waals surface area contributed by atoms with Crippen molar-refractivity contribution >= 4 is 5.91 Å². The first-order chi connectivity index (χ1) is 11.7. The number of amides is 1. The fourth-order valence-corrected chi connectivity index (χ4v) is 2.96. The Kier molecular flexibility index (Phi) is 18.2. The molecule has 4 heteroatoms. The monoisotopic (exact) mass is 343 g/mol. The van der Waals surface area contributed by atoms with Gasteiger partial charge in [0.1, 0.15) is 6.10 Å². The van der Waals surface area contributed by atoms with Gasteiger partial charge in [0, 0.05) is 6.54 Å². The molecule has 144 valence electrons. The third-order valence-electron chi connectivity index (χ3n) is 4.54. The Hall–Kier alpha value is -0.610. The molecule has 0 heterocycles. The number of rotatable bonds is 18. The highest BCUT2D eigenvalue weighted by Gasteiger charge is 2.13. The summed E-state index contributed by atoms with van der Waals surface area (Å²) in [5, 5.41) is 20.7. The van der Waals surface area contributed by atoms with Crippen LogP contribution in [0.2, 0.25) is 0 Å². The van der Waals surface area contributed by atoms with Crippen LogP contribution in [0.25, 0.3) is 0 Å². The summed E-state index contributed by atoms with van der Waals surface area (Å²) >= 11 is 0. The molecule has 3 N–H and O–H groups in total. The lowest BCUT2D eigenvalue weighted by Crippen LogP contribution is -2.36. The Morgan fingerprint density at radius 3 is 1.62 bits per heavy atom. The molecule has 0 rings (SSSR count). The zero-order valence-electron chi connectivity index (χ0n) is 15.9. The van der Waals surface area contributed by atoms with Crippen molar-refractivity contribution in [3.63, 3.8) is 0 Å². The van der Waals surface area contributed by atoms with Crippen molar-refractivity contribution in [2.45, 2.75) is 109 Å². The smallest absolute Gasteiger partial charge is 0.248 e. The fraction of sp³-hybridized carbons (Fsp3) is 0.950. The van der Waals surface area contributed by atoms with Gasteiger partial charge in [-0.1, -0.05) is 96.8 Å². The molecule has 0 radical (unpaired) electrons.